The lowest BCUT2D eigenvalue weighted by Crippen LogP contribution is -2.52. The fraction of sp³-hybridized carbons (Fsp3) is 0.571. The molecular weight excluding hydrogens is 242 g/mol. The Balaban J connectivity index is 2.29. The Morgan fingerprint density at radius 3 is 2.89 bits per heavy atom. The van der Waals surface area contributed by atoms with Crippen molar-refractivity contribution in [1.82, 2.24) is 9.88 Å². The first kappa shape index (κ1) is 13.8. The SMILES string of the molecule is Cc1cc(=O)c(C(=O)N2CCCCC2C(C)N)c[nH]1. The average Bonchev–Trinajstić information content (AvgIpc) is 2.38. The minimum absolute atomic E-state index is 0.0296. The molecular formula is C14H21N3O2. The first-order valence-corrected chi connectivity index (χ1v) is 6.76. The molecule has 1 aromatic heterocycles. The van der Waals surface area contributed by atoms with E-state index in [4.69, 9.17) is 5.73 Å². The molecule has 104 valence electrons. The number of aromatic nitrogens is 1. The minimum atomic E-state index is -0.227. The molecule has 2 atom stereocenters. The standard InChI is InChI=1S/C14H21N3O2/c1-9-7-13(18)11(8-16-9)14(19)17-6-4-3-5-12(17)10(2)15/h7-8,10,12H,3-6,15H2,1-2H3,(H,16,18). The predicted molar refractivity (Wildman–Crippen MR) is 74.1 cm³/mol. The summed E-state index contributed by atoms with van der Waals surface area (Å²) in [4.78, 5) is 29.1. The van der Waals surface area contributed by atoms with Crippen molar-refractivity contribution in [2.75, 3.05) is 6.54 Å². The predicted octanol–water partition coefficient (Wildman–Crippen LogP) is 1.03. The average molecular weight is 263 g/mol. The van der Waals surface area contributed by atoms with E-state index in [1.54, 1.807) is 11.8 Å². The van der Waals surface area contributed by atoms with Crippen LogP contribution in [0.3, 0.4) is 0 Å². The lowest BCUT2D eigenvalue weighted by Gasteiger charge is -2.38. The van der Waals surface area contributed by atoms with Crippen molar-refractivity contribution in [1.29, 1.82) is 0 Å². The van der Waals surface area contributed by atoms with Gasteiger partial charge < -0.3 is 15.6 Å². The van der Waals surface area contributed by atoms with Gasteiger partial charge >= 0.3 is 0 Å². The van der Waals surface area contributed by atoms with Crippen LogP contribution in [0.15, 0.2) is 17.1 Å². The van der Waals surface area contributed by atoms with Crippen molar-refractivity contribution >= 4 is 5.91 Å². The molecule has 0 bridgehead atoms. The number of carbonyl (C=O) groups is 1. The lowest BCUT2D eigenvalue weighted by atomic mass is 9.96. The summed E-state index contributed by atoms with van der Waals surface area (Å²) in [7, 11) is 0. The number of hydrogen-bond acceptors (Lipinski definition) is 3. The topological polar surface area (TPSA) is 79.2 Å². The van der Waals surface area contributed by atoms with Gasteiger partial charge in [-0.2, -0.15) is 0 Å². The molecule has 1 aliphatic heterocycles. The van der Waals surface area contributed by atoms with Crippen molar-refractivity contribution in [2.24, 2.45) is 5.73 Å². The molecule has 5 heteroatoms. The Labute approximate surface area is 112 Å². The van der Waals surface area contributed by atoms with Crippen LogP contribution in [0.4, 0.5) is 0 Å². The van der Waals surface area contributed by atoms with Gasteiger partial charge in [-0.3, -0.25) is 9.59 Å². The number of nitrogens with two attached hydrogens (primary N) is 1. The van der Waals surface area contributed by atoms with Crippen LogP contribution in [-0.2, 0) is 0 Å². The summed E-state index contributed by atoms with van der Waals surface area (Å²) in [6.07, 6.45) is 4.47. The van der Waals surface area contributed by atoms with Crippen molar-refractivity contribution in [2.45, 2.75) is 45.2 Å². The molecule has 0 aliphatic carbocycles. The zero-order chi connectivity index (χ0) is 14.0. The third-order valence-electron chi connectivity index (χ3n) is 3.70. The Bertz CT molecular complexity index is 522. The van der Waals surface area contributed by atoms with E-state index < -0.39 is 0 Å². The summed E-state index contributed by atoms with van der Waals surface area (Å²) < 4.78 is 0. The molecule has 1 saturated heterocycles. The zero-order valence-electron chi connectivity index (χ0n) is 11.5. The molecule has 0 spiro atoms. The van der Waals surface area contributed by atoms with E-state index in [2.05, 4.69) is 4.98 Å². The second kappa shape index (κ2) is 5.57. The molecule has 3 N–H and O–H groups in total. The smallest absolute Gasteiger partial charge is 0.259 e. The molecule has 0 saturated carbocycles. The van der Waals surface area contributed by atoms with E-state index >= 15 is 0 Å². The number of pyridine rings is 1. The van der Waals surface area contributed by atoms with E-state index in [0.717, 1.165) is 25.0 Å². The number of H-pyrrole nitrogens is 1. The number of nitrogens with zero attached hydrogens (tertiary/aromatic N) is 1. The molecule has 1 amide bonds. The lowest BCUT2D eigenvalue weighted by molar-refractivity contribution is 0.0582. The van der Waals surface area contributed by atoms with Gasteiger partial charge in [-0.05, 0) is 33.1 Å². The number of carbonyl (C=O) groups excluding carboxylic acids is 1. The number of rotatable bonds is 2. The van der Waals surface area contributed by atoms with Crippen molar-refractivity contribution in [3.8, 4) is 0 Å². The van der Waals surface area contributed by atoms with Gasteiger partial charge in [0.1, 0.15) is 5.56 Å². The van der Waals surface area contributed by atoms with Gasteiger partial charge in [-0.15, -0.1) is 0 Å². The van der Waals surface area contributed by atoms with Crippen LogP contribution < -0.4 is 11.2 Å². The summed E-state index contributed by atoms with van der Waals surface area (Å²) >= 11 is 0. The summed E-state index contributed by atoms with van der Waals surface area (Å²) in [5, 5.41) is 0. The van der Waals surface area contributed by atoms with E-state index in [1.807, 2.05) is 6.92 Å². The monoisotopic (exact) mass is 263 g/mol. The van der Waals surface area contributed by atoms with Gasteiger partial charge in [-0.25, -0.2) is 0 Å². The third kappa shape index (κ3) is 2.87. The van der Waals surface area contributed by atoms with E-state index in [-0.39, 0.29) is 29.0 Å². The van der Waals surface area contributed by atoms with E-state index in [1.165, 1.54) is 12.3 Å². The highest BCUT2D eigenvalue weighted by molar-refractivity contribution is 5.94. The second-order valence-corrected chi connectivity index (χ2v) is 5.31. The van der Waals surface area contributed by atoms with Crippen LogP contribution >= 0.6 is 0 Å². The minimum Gasteiger partial charge on any atom is -0.364 e. The fourth-order valence-electron chi connectivity index (χ4n) is 2.65. The van der Waals surface area contributed by atoms with Crippen LogP contribution in [0.1, 0.15) is 42.2 Å². The first-order chi connectivity index (χ1) is 9.00. The third-order valence-corrected chi connectivity index (χ3v) is 3.70. The zero-order valence-corrected chi connectivity index (χ0v) is 11.5. The number of likely N-dealkylation sites (tertiary alicyclic amines) is 1. The first-order valence-electron chi connectivity index (χ1n) is 6.76. The largest absolute Gasteiger partial charge is 0.364 e. The molecule has 2 rings (SSSR count). The maximum Gasteiger partial charge on any atom is 0.259 e. The Hall–Kier alpha value is -1.62. The maximum absolute atomic E-state index is 12.5. The molecule has 0 aromatic carbocycles. The molecule has 1 fully saturated rings. The Morgan fingerprint density at radius 1 is 1.53 bits per heavy atom. The van der Waals surface area contributed by atoms with Gasteiger partial charge in [0.15, 0.2) is 5.43 Å². The number of hydrogen-bond donors (Lipinski definition) is 2. The molecule has 2 heterocycles. The van der Waals surface area contributed by atoms with Crippen LogP contribution in [0.5, 0.6) is 0 Å². The maximum atomic E-state index is 12.5. The van der Waals surface area contributed by atoms with E-state index in [0.29, 0.717) is 6.54 Å². The highest BCUT2D eigenvalue weighted by Crippen LogP contribution is 2.20. The van der Waals surface area contributed by atoms with Crippen LogP contribution in [0.2, 0.25) is 0 Å². The molecule has 1 aromatic rings. The molecule has 0 radical (unpaired) electrons. The number of aryl methyl sites for hydroxylation is 1. The van der Waals surface area contributed by atoms with Gasteiger partial charge in [0.05, 0.1) is 0 Å². The summed E-state index contributed by atoms with van der Waals surface area (Å²) in [6.45, 7) is 4.38. The Morgan fingerprint density at radius 2 is 2.26 bits per heavy atom. The second-order valence-electron chi connectivity index (χ2n) is 5.31. The van der Waals surface area contributed by atoms with Crippen LogP contribution in [0.25, 0.3) is 0 Å². The Kier molecular flexibility index (Phi) is 4.04. The van der Waals surface area contributed by atoms with Crippen LogP contribution in [0, 0.1) is 6.92 Å². The number of piperidine rings is 1. The highest BCUT2D eigenvalue weighted by atomic mass is 16.2. The van der Waals surface area contributed by atoms with Crippen LogP contribution in [-0.4, -0.2) is 34.4 Å². The van der Waals surface area contributed by atoms with Crippen molar-refractivity contribution in [3.05, 3.63) is 33.7 Å². The van der Waals surface area contributed by atoms with Gasteiger partial charge in [0.2, 0.25) is 0 Å². The molecule has 1 aliphatic rings. The fourth-order valence-corrected chi connectivity index (χ4v) is 2.65. The highest BCUT2D eigenvalue weighted by Gasteiger charge is 2.30. The molecule has 2 unspecified atom stereocenters. The number of aromatic amines is 1. The quantitative estimate of drug-likeness (QED) is 0.836. The molecule has 19 heavy (non-hydrogen) atoms. The normalized spacial score (nSPS) is 21.2. The number of nitrogens with one attached hydrogen (secondary N) is 1. The van der Waals surface area contributed by atoms with E-state index in [9.17, 15) is 9.59 Å². The van der Waals surface area contributed by atoms with Crippen molar-refractivity contribution < 1.29 is 4.79 Å². The van der Waals surface area contributed by atoms with Gasteiger partial charge in [0.25, 0.3) is 5.91 Å². The van der Waals surface area contributed by atoms with Gasteiger partial charge in [0, 0.05) is 36.6 Å². The van der Waals surface area contributed by atoms with Gasteiger partial charge in [-0.1, -0.05) is 0 Å². The summed E-state index contributed by atoms with van der Waals surface area (Å²) in [6, 6.07) is 1.41. The van der Waals surface area contributed by atoms with Crippen molar-refractivity contribution in [3.63, 3.8) is 0 Å². The molecule has 5 nitrogen and oxygen atoms in total. The number of amides is 1. The summed E-state index contributed by atoms with van der Waals surface area (Å²) in [5.74, 6) is -0.205. The summed E-state index contributed by atoms with van der Waals surface area (Å²) in [5.41, 5.74) is 6.69.